The fraction of sp³-hybridized carbons (Fsp3) is 0.438. The van der Waals surface area contributed by atoms with Crippen LogP contribution in [0, 0.1) is 10.1 Å². The zero-order valence-electron chi connectivity index (χ0n) is 13.9. The molecule has 0 radical (unpaired) electrons. The third kappa shape index (κ3) is 3.72. The van der Waals surface area contributed by atoms with Crippen LogP contribution in [0.5, 0.6) is 0 Å². The highest BCUT2D eigenvalue weighted by Crippen LogP contribution is 2.30. The van der Waals surface area contributed by atoms with Crippen LogP contribution in [0.25, 0.3) is 0 Å². The molecule has 1 aliphatic heterocycles. The number of rotatable bonds is 5. The molecule has 0 saturated carbocycles. The lowest BCUT2D eigenvalue weighted by atomic mass is 10.3. The highest BCUT2D eigenvalue weighted by Gasteiger charge is 2.29. The fourth-order valence-corrected chi connectivity index (χ4v) is 4.51. The van der Waals surface area contributed by atoms with Gasteiger partial charge in [0.25, 0.3) is 5.69 Å². The maximum absolute atomic E-state index is 12.6. The summed E-state index contributed by atoms with van der Waals surface area (Å²) in [6.07, 6.45) is 5.27. The summed E-state index contributed by atoms with van der Waals surface area (Å²) in [5, 5.41) is 15.5. The Morgan fingerprint density at radius 2 is 1.96 bits per heavy atom. The van der Waals surface area contributed by atoms with Gasteiger partial charge in [0.15, 0.2) is 0 Å². The number of nitrogens with zero attached hydrogens (tertiary/aromatic N) is 3. The largest absolute Gasteiger partial charge is 0.295 e. The second-order valence-corrected chi connectivity index (χ2v) is 8.19. The lowest BCUT2D eigenvalue weighted by Gasteiger charge is -2.15. The van der Waals surface area contributed by atoms with E-state index in [9.17, 15) is 18.5 Å². The molecule has 0 amide bonds. The molecule has 134 valence electrons. The molecular weight excluding hydrogens is 344 g/mol. The highest BCUT2D eigenvalue weighted by atomic mass is 32.2. The topological polar surface area (TPSA) is 105 Å². The van der Waals surface area contributed by atoms with Gasteiger partial charge in [-0.2, -0.15) is 9.41 Å². The van der Waals surface area contributed by atoms with Gasteiger partial charge < -0.3 is 0 Å². The van der Waals surface area contributed by atoms with E-state index in [4.69, 9.17) is 0 Å². The maximum Gasteiger partial charge on any atom is 0.295 e. The molecule has 3 rings (SSSR count). The van der Waals surface area contributed by atoms with Crippen LogP contribution in [0.1, 0.15) is 32.6 Å². The van der Waals surface area contributed by atoms with Crippen molar-refractivity contribution in [1.82, 2.24) is 4.31 Å². The molecule has 1 aliphatic carbocycles. The van der Waals surface area contributed by atoms with Crippen molar-refractivity contribution in [3.63, 3.8) is 0 Å². The number of nitro groups is 1. The molecule has 0 bridgehead atoms. The summed E-state index contributed by atoms with van der Waals surface area (Å²) < 4.78 is 26.5. The summed E-state index contributed by atoms with van der Waals surface area (Å²) >= 11 is 0. The molecule has 0 spiro atoms. The molecule has 2 aliphatic rings. The van der Waals surface area contributed by atoms with Gasteiger partial charge >= 0.3 is 0 Å². The zero-order chi connectivity index (χ0) is 18.0. The second-order valence-electron chi connectivity index (χ2n) is 6.25. The van der Waals surface area contributed by atoms with Crippen LogP contribution in [-0.2, 0) is 10.0 Å². The van der Waals surface area contributed by atoms with Crippen LogP contribution in [0.15, 0.2) is 39.8 Å². The van der Waals surface area contributed by atoms with Crippen LogP contribution in [-0.4, -0.2) is 36.4 Å². The second kappa shape index (κ2) is 6.93. The van der Waals surface area contributed by atoms with Gasteiger partial charge in [0.1, 0.15) is 5.69 Å². The summed E-state index contributed by atoms with van der Waals surface area (Å²) in [4.78, 5) is 10.7. The zero-order valence-corrected chi connectivity index (χ0v) is 14.8. The lowest BCUT2D eigenvalue weighted by Crippen LogP contribution is -2.27. The van der Waals surface area contributed by atoms with E-state index < -0.39 is 14.9 Å². The molecule has 25 heavy (non-hydrogen) atoms. The van der Waals surface area contributed by atoms with Crippen LogP contribution >= 0.6 is 0 Å². The number of sulfonamides is 1. The summed E-state index contributed by atoms with van der Waals surface area (Å²) in [5.41, 5.74) is 4.60. The first-order chi connectivity index (χ1) is 11.9. The van der Waals surface area contributed by atoms with E-state index in [-0.39, 0.29) is 16.3 Å². The van der Waals surface area contributed by atoms with Gasteiger partial charge in [-0.25, -0.2) is 8.42 Å². The Balaban J connectivity index is 1.89. The van der Waals surface area contributed by atoms with E-state index in [0.717, 1.165) is 37.5 Å². The summed E-state index contributed by atoms with van der Waals surface area (Å²) in [6.45, 7) is 2.91. The van der Waals surface area contributed by atoms with Gasteiger partial charge in [0, 0.05) is 19.2 Å². The predicted molar refractivity (Wildman–Crippen MR) is 95.1 cm³/mol. The predicted octanol–water partition coefficient (Wildman–Crippen LogP) is 2.89. The fourth-order valence-electron chi connectivity index (χ4n) is 2.97. The van der Waals surface area contributed by atoms with Crippen molar-refractivity contribution in [2.45, 2.75) is 37.5 Å². The molecule has 1 aromatic carbocycles. The Morgan fingerprint density at radius 1 is 1.24 bits per heavy atom. The molecular formula is C16H20N4O4S. The third-order valence-corrected chi connectivity index (χ3v) is 6.27. The first-order valence-electron chi connectivity index (χ1n) is 8.16. The monoisotopic (exact) mass is 364 g/mol. The van der Waals surface area contributed by atoms with Gasteiger partial charge in [0.2, 0.25) is 10.0 Å². The van der Waals surface area contributed by atoms with Crippen molar-refractivity contribution < 1.29 is 13.3 Å². The number of anilines is 1. The molecule has 1 saturated heterocycles. The van der Waals surface area contributed by atoms with Gasteiger partial charge in [0.05, 0.1) is 15.5 Å². The summed E-state index contributed by atoms with van der Waals surface area (Å²) in [5.74, 6) is 0. The first-order valence-corrected chi connectivity index (χ1v) is 9.60. The molecule has 1 N–H and O–H groups in total. The van der Waals surface area contributed by atoms with Gasteiger partial charge in [-0.3, -0.25) is 15.5 Å². The van der Waals surface area contributed by atoms with Crippen LogP contribution in [0.2, 0.25) is 0 Å². The quantitative estimate of drug-likeness (QED) is 0.639. The van der Waals surface area contributed by atoms with Crippen LogP contribution in [0.3, 0.4) is 0 Å². The van der Waals surface area contributed by atoms with E-state index in [0.29, 0.717) is 13.1 Å². The molecule has 1 heterocycles. The minimum atomic E-state index is -3.69. The Labute approximate surface area is 146 Å². The Hall–Kier alpha value is -2.26. The molecule has 8 nitrogen and oxygen atoms in total. The SMILES string of the molecule is CC1=C/C(=N\Nc2ccc(S(=O)(=O)N3CCCC3)cc2[N+](=O)[O-])CC1. The number of benzene rings is 1. The third-order valence-electron chi connectivity index (χ3n) is 4.38. The van der Waals surface area contributed by atoms with E-state index >= 15 is 0 Å². The van der Waals surface area contributed by atoms with Crippen LogP contribution < -0.4 is 5.43 Å². The lowest BCUT2D eigenvalue weighted by molar-refractivity contribution is -0.384. The number of nitro benzene ring substituents is 1. The number of hydrazone groups is 1. The first kappa shape index (κ1) is 17.6. The van der Waals surface area contributed by atoms with E-state index in [1.165, 1.54) is 22.0 Å². The molecule has 0 aromatic heterocycles. The molecule has 0 atom stereocenters. The van der Waals surface area contributed by atoms with Gasteiger partial charge in [-0.05, 0) is 50.8 Å². The Bertz CT molecular complexity index is 855. The number of nitrogens with one attached hydrogen (secondary N) is 1. The van der Waals surface area contributed by atoms with Crippen LogP contribution in [0.4, 0.5) is 11.4 Å². The van der Waals surface area contributed by atoms with Gasteiger partial charge in [-0.1, -0.05) is 5.57 Å². The van der Waals surface area contributed by atoms with Crippen molar-refractivity contribution in [3.8, 4) is 0 Å². The normalized spacial score (nSPS) is 20.0. The minimum absolute atomic E-state index is 0.0593. The minimum Gasteiger partial charge on any atom is -0.271 e. The van der Waals surface area contributed by atoms with Gasteiger partial charge in [-0.15, -0.1) is 0 Å². The van der Waals surface area contributed by atoms with Crippen molar-refractivity contribution in [1.29, 1.82) is 0 Å². The molecule has 1 aromatic rings. The molecule has 9 heteroatoms. The van der Waals surface area contributed by atoms with E-state index in [1.54, 1.807) is 0 Å². The standard InChI is InChI=1S/C16H20N4O4S/c1-12-4-5-13(10-12)17-18-15-7-6-14(11-16(15)20(21)22)25(23,24)19-8-2-3-9-19/h6-7,10-11,18H,2-5,8-9H2,1H3/b17-13-. The van der Waals surface area contributed by atoms with Crippen molar-refractivity contribution in [2.75, 3.05) is 18.5 Å². The summed E-state index contributed by atoms with van der Waals surface area (Å²) in [6, 6.07) is 3.89. The average Bonchev–Trinajstić information content (AvgIpc) is 3.24. The smallest absolute Gasteiger partial charge is 0.271 e. The number of hydrogen-bond acceptors (Lipinski definition) is 6. The summed E-state index contributed by atoms with van der Waals surface area (Å²) in [7, 11) is -3.69. The van der Waals surface area contributed by atoms with Crippen molar-refractivity contribution >= 4 is 27.1 Å². The Morgan fingerprint density at radius 3 is 2.56 bits per heavy atom. The average molecular weight is 364 g/mol. The molecule has 1 fully saturated rings. The number of allylic oxidation sites excluding steroid dienone is 2. The highest BCUT2D eigenvalue weighted by molar-refractivity contribution is 7.89. The van der Waals surface area contributed by atoms with Crippen molar-refractivity contribution in [2.24, 2.45) is 5.10 Å². The van der Waals surface area contributed by atoms with Crippen molar-refractivity contribution in [3.05, 3.63) is 40.0 Å². The Kier molecular flexibility index (Phi) is 4.87. The van der Waals surface area contributed by atoms with E-state index in [2.05, 4.69) is 10.5 Å². The number of hydrogen-bond donors (Lipinski definition) is 1. The maximum atomic E-state index is 12.6. The molecule has 0 unspecified atom stereocenters. The van der Waals surface area contributed by atoms with E-state index in [1.807, 2.05) is 13.0 Å².